The maximum Gasteiger partial charge on any atom is 0.223 e. The summed E-state index contributed by atoms with van der Waals surface area (Å²) in [6.07, 6.45) is 0.0843. The van der Waals surface area contributed by atoms with Crippen LogP contribution in [-0.4, -0.2) is 43.3 Å². The van der Waals surface area contributed by atoms with Crippen LogP contribution in [0, 0.1) is 11.7 Å². The number of methoxy groups -OCH3 is 1. The maximum absolute atomic E-state index is 13.4. The molecule has 6 heteroatoms. The molecule has 1 saturated heterocycles. The SMILES string of the molecule is COc1ccccc1C1CNCCN1C(=O)CC(C)C(=O)c1cccc(F)c1. The second kappa shape index (κ2) is 8.97. The molecule has 1 N–H and O–H groups in total. The first-order valence-electron chi connectivity index (χ1n) is 9.44. The maximum atomic E-state index is 13.4. The van der Waals surface area contributed by atoms with E-state index in [1.54, 1.807) is 20.1 Å². The smallest absolute Gasteiger partial charge is 0.223 e. The summed E-state index contributed by atoms with van der Waals surface area (Å²) in [4.78, 5) is 27.4. The molecule has 2 atom stereocenters. The van der Waals surface area contributed by atoms with E-state index in [0.717, 1.165) is 11.3 Å². The number of carbonyl (C=O) groups excluding carboxylic acids is 2. The van der Waals surface area contributed by atoms with Crippen molar-refractivity contribution in [1.82, 2.24) is 10.2 Å². The minimum Gasteiger partial charge on any atom is -0.496 e. The third-order valence-electron chi connectivity index (χ3n) is 5.10. The first-order valence-corrected chi connectivity index (χ1v) is 9.44. The van der Waals surface area contributed by atoms with E-state index in [4.69, 9.17) is 4.74 Å². The van der Waals surface area contributed by atoms with Gasteiger partial charge in [0.2, 0.25) is 5.91 Å². The van der Waals surface area contributed by atoms with Gasteiger partial charge < -0.3 is 15.0 Å². The molecule has 0 aliphatic carbocycles. The number of benzene rings is 2. The van der Waals surface area contributed by atoms with Crippen molar-refractivity contribution in [2.24, 2.45) is 5.92 Å². The highest BCUT2D eigenvalue weighted by Crippen LogP contribution is 2.31. The number of halogens is 1. The predicted molar refractivity (Wildman–Crippen MR) is 105 cm³/mol. The molecule has 28 heavy (non-hydrogen) atoms. The van der Waals surface area contributed by atoms with Crippen LogP contribution in [0.1, 0.15) is 35.3 Å². The summed E-state index contributed by atoms with van der Waals surface area (Å²) in [7, 11) is 1.61. The van der Waals surface area contributed by atoms with Gasteiger partial charge in [-0.05, 0) is 18.2 Å². The molecule has 0 radical (unpaired) electrons. The molecule has 2 unspecified atom stereocenters. The highest BCUT2D eigenvalue weighted by molar-refractivity contribution is 5.99. The minimum atomic E-state index is -0.525. The molecule has 5 nitrogen and oxygen atoms in total. The van der Waals surface area contributed by atoms with Gasteiger partial charge in [0, 0.05) is 43.1 Å². The van der Waals surface area contributed by atoms with Crippen molar-refractivity contribution in [3.05, 3.63) is 65.5 Å². The quantitative estimate of drug-likeness (QED) is 0.777. The van der Waals surface area contributed by atoms with Gasteiger partial charge in [0.25, 0.3) is 0 Å². The van der Waals surface area contributed by atoms with Gasteiger partial charge in [0.1, 0.15) is 11.6 Å². The lowest BCUT2D eigenvalue weighted by atomic mass is 9.94. The summed E-state index contributed by atoms with van der Waals surface area (Å²) in [5.41, 5.74) is 1.23. The lowest BCUT2D eigenvalue weighted by Gasteiger charge is -2.37. The van der Waals surface area contributed by atoms with Crippen LogP contribution in [0.5, 0.6) is 5.75 Å². The molecule has 1 amide bonds. The third kappa shape index (κ3) is 4.39. The molecule has 2 aromatic rings. The zero-order valence-corrected chi connectivity index (χ0v) is 16.2. The van der Waals surface area contributed by atoms with Gasteiger partial charge in [-0.2, -0.15) is 0 Å². The first-order chi connectivity index (χ1) is 13.5. The minimum absolute atomic E-state index is 0.0843. The van der Waals surface area contributed by atoms with E-state index in [1.807, 2.05) is 29.2 Å². The van der Waals surface area contributed by atoms with Crippen molar-refractivity contribution in [2.45, 2.75) is 19.4 Å². The standard InChI is InChI=1S/C22H25FN2O3/c1-15(22(27)16-6-5-7-17(23)13-16)12-21(26)25-11-10-24-14-19(25)18-8-3-4-9-20(18)28-2/h3-9,13,15,19,24H,10-12,14H2,1-2H3. The van der Waals surface area contributed by atoms with Gasteiger partial charge in [-0.3, -0.25) is 9.59 Å². The van der Waals surface area contributed by atoms with E-state index < -0.39 is 11.7 Å². The Morgan fingerprint density at radius 1 is 1.25 bits per heavy atom. The summed E-state index contributed by atoms with van der Waals surface area (Å²) in [5, 5.41) is 3.32. The van der Waals surface area contributed by atoms with E-state index in [9.17, 15) is 14.0 Å². The number of Topliss-reactive ketones (excluding diaryl/α,β-unsaturated/α-hetero) is 1. The normalized spacial score (nSPS) is 17.8. The Labute approximate surface area is 164 Å². The molecule has 148 valence electrons. The highest BCUT2D eigenvalue weighted by atomic mass is 19.1. The Hall–Kier alpha value is -2.73. The number of nitrogens with one attached hydrogen (secondary N) is 1. The highest BCUT2D eigenvalue weighted by Gasteiger charge is 2.31. The van der Waals surface area contributed by atoms with E-state index in [0.29, 0.717) is 25.2 Å². The fraction of sp³-hybridized carbons (Fsp3) is 0.364. The second-order valence-electron chi connectivity index (χ2n) is 7.03. The molecule has 1 aliphatic heterocycles. The Kier molecular flexibility index (Phi) is 6.41. The van der Waals surface area contributed by atoms with Crippen LogP contribution < -0.4 is 10.1 Å². The number of ketones is 1. The number of hydrogen-bond acceptors (Lipinski definition) is 4. The van der Waals surface area contributed by atoms with Crippen molar-refractivity contribution in [1.29, 1.82) is 0 Å². The van der Waals surface area contributed by atoms with Gasteiger partial charge in [-0.15, -0.1) is 0 Å². The number of para-hydroxylation sites is 1. The van der Waals surface area contributed by atoms with Crippen molar-refractivity contribution in [2.75, 3.05) is 26.7 Å². The van der Waals surface area contributed by atoms with Gasteiger partial charge in [0.15, 0.2) is 5.78 Å². The van der Waals surface area contributed by atoms with E-state index in [2.05, 4.69) is 5.32 Å². The van der Waals surface area contributed by atoms with Crippen molar-refractivity contribution in [3.63, 3.8) is 0 Å². The summed E-state index contributed by atoms with van der Waals surface area (Å²) in [6.45, 7) is 3.59. The molecular weight excluding hydrogens is 359 g/mol. The van der Waals surface area contributed by atoms with E-state index in [1.165, 1.54) is 18.2 Å². The summed E-state index contributed by atoms with van der Waals surface area (Å²) in [6, 6.07) is 13.1. The summed E-state index contributed by atoms with van der Waals surface area (Å²) >= 11 is 0. The van der Waals surface area contributed by atoms with Crippen molar-refractivity contribution < 1.29 is 18.7 Å². The van der Waals surface area contributed by atoms with Crippen molar-refractivity contribution in [3.8, 4) is 5.75 Å². The van der Waals surface area contributed by atoms with Gasteiger partial charge in [0.05, 0.1) is 13.2 Å². The topological polar surface area (TPSA) is 58.6 Å². The molecule has 1 heterocycles. The van der Waals surface area contributed by atoms with Gasteiger partial charge >= 0.3 is 0 Å². The predicted octanol–water partition coefficient (Wildman–Crippen LogP) is 3.22. The lowest BCUT2D eigenvalue weighted by Crippen LogP contribution is -2.49. The molecular formula is C22H25FN2O3. The Morgan fingerprint density at radius 2 is 2.04 bits per heavy atom. The third-order valence-corrected chi connectivity index (χ3v) is 5.10. The van der Waals surface area contributed by atoms with Crippen LogP contribution >= 0.6 is 0 Å². The Balaban J connectivity index is 1.75. The van der Waals surface area contributed by atoms with Crippen LogP contribution in [-0.2, 0) is 4.79 Å². The molecule has 1 fully saturated rings. The van der Waals surface area contributed by atoms with Crippen molar-refractivity contribution >= 4 is 11.7 Å². The molecule has 0 bridgehead atoms. The molecule has 3 rings (SSSR count). The fourth-order valence-corrected chi connectivity index (χ4v) is 3.62. The van der Waals surface area contributed by atoms with E-state index >= 15 is 0 Å². The molecule has 0 spiro atoms. The molecule has 0 saturated carbocycles. The van der Waals surface area contributed by atoms with Crippen LogP contribution in [0.2, 0.25) is 0 Å². The second-order valence-corrected chi connectivity index (χ2v) is 7.03. The van der Waals surface area contributed by atoms with E-state index in [-0.39, 0.29) is 24.2 Å². The lowest BCUT2D eigenvalue weighted by molar-refractivity contribution is -0.135. The number of piperazine rings is 1. The number of rotatable bonds is 6. The van der Waals surface area contributed by atoms with Crippen LogP contribution in [0.25, 0.3) is 0 Å². The summed E-state index contributed by atoms with van der Waals surface area (Å²) < 4.78 is 18.9. The van der Waals surface area contributed by atoms with Crippen LogP contribution in [0.3, 0.4) is 0 Å². The number of amides is 1. The zero-order chi connectivity index (χ0) is 20.1. The summed E-state index contributed by atoms with van der Waals surface area (Å²) in [5.74, 6) is -0.561. The fourth-order valence-electron chi connectivity index (χ4n) is 3.62. The van der Waals surface area contributed by atoms with Gasteiger partial charge in [-0.25, -0.2) is 4.39 Å². The number of carbonyl (C=O) groups is 2. The van der Waals surface area contributed by atoms with Crippen LogP contribution in [0.4, 0.5) is 4.39 Å². The monoisotopic (exact) mass is 384 g/mol. The Morgan fingerprint density at radius 3 is 2.79 bits per heavy atom. The van der Waals surface area contributed by atoms with Gasteiger partial charge in [-0.1, -0.05) is 37.3 Å². The average Bonchev–Trinajstić information content (AvgIpc) is 2.73. The first kappa shape index (κ1) is 20.0. The zero-order valence-electron chi connectivity index (χ0n) is 16.2. The Bertz CT molecular complexity index is 855. The number of ether oxygens (including phenoxy) is 1. The van der Waals surface area contributed by atoms with Crippen LogP contribution in [0.15, 0.2) is 48.5 Å². The number of hydrogen-bond donors (Lipinski definition) is 1. The molecule has 2 aromatic carbocycles. The molecule has 0 aromatic heterocycles. The molecule has 1 aliphatic rings. The average molecular weight is 384 g/mol. The number of nitrogens with zero attached hydrogens (tertiary/aromatic N) is 1. The largest absolute Gasteiger partial charge is 0.496 e.